The Morgan fingerprint density at radius 1 is 1.33 bits per heavy atom. The molecule has 0 aromatic heterocycles. The molecule has 0 bridgehead atoms. The van der Waals surface area contributed by atoms with Gasteiger partial charge in [-0.05, 0) is 33.1 Å². The zero-order valence-electron chi connectivity index (χ0n) is 11.9. The first-order valence-corrected chi connectivity index (χ1v) is 6.30. The smallest absolute Gasteiger partial charge is 0.333 e. The van der Waals surface area contributed by atoms with Crippen molar-refractivity contribution < 1.29 is 9.53 Å². The molecule has 0 rings (SSSR count). The Morgan fingerprint density at radius 2 is 2.00 bits per heavy atom. The molecular weight excluding hydrogens is 226 g/mol. The molecule has 102 valence electrons. The van der Waals surface area contributed by atoms with Crippen molar-refractivity contribution in [3.8, 4) is 0 Å². The second-order valence-electron chi connectivity index (χ2n) is 4.40. The minimum absolute atomic E-state index is 0.323. The molecule has 0 saturated heterocycles. The van der Waals surface area contributed by atoms with Gasteiger partial charge in [0.25, 0.3) is 0 Å². The number of unbranched alkanes of at least 4 members (excludes halogenated alkanes) is 2. The molecule has 0 heterocycles. The molecule has 3 nitrogen and oxygen atoms in total. The number of carbonyl (C=O) groups is 1. The van der Waals surface area contributed by atoms with Crippen LogP contribution >= 0.6 is 0 Å². The summed E-state index contributed by atoms with van der Waals surface area (Å²) < 4.78 is 5.05. The van der Waals surface area contributed by atoms with Crippen LogP contribution in [0.2, 0.25) is 0 Å². The summed E-state index contributed by atoms with van der Waals surface area (Å²) in [6.07, 6.45) is 7.35. The Hall–Kier alpha value is -1.51. The van der Waals surface area contributed by atoms with Gasteiger partial charge in [-0.2, -0.15) is 0 Å². The van der Waals surface area contributed by atoms with E-state index in [0.29, 0.717) is 18.7 Å². The van der Waals surface area contributed by atoms with E-state index in [1.54, 1.807) is 6.92 Å². The molecule has 0 amide bonds. The summed E-state index contributed by atoms with van der Waals surface area (Å²) in [5.74, 6) is -0.323. The van der Waals surface area contributed by atoms with Crippen LogP contribution in [0.3, 0.4) is 0 Å². The molecular formula is C15H25NO2. The van der Waals surface area contributed by atoms with Crippen LogP contribution in [0.25, 0.3) is 0 Å². The van der Waals surface area contributed by atoms with E-state index in [4.69, 9.17) is 4.74 Å². The topological polar surface area (TPSA) is 29.5 Å². The highest BCUT2D eigenvalue weighted by Gasteiger charge is 2.04. The number of rotatable bonds is 9. The third kappa shape index (κ3) is 7.71. The number of likely N-dealkylation sites (N-methyl/N-ethyl adjacent to an activating group) is 1. The van der Waals surface area contributed by atoms with Gasteiger partial charge in [0, 0.05) is 18.3 Å². The minimum Gasteiger partial charge on any atom is -0.460 e. The fourth-order valence-electron chi connectivity index (χ4n) is 1.30. The first-order valence-electron chi connectivity index (χ1n) is 6.30. The quantitative estimate of drug-likeness (QED) is 0.272. The maximum absolute atomic E-state index is 11.2. The Labute approximate surface area is 111 Å². The molecule has 0 fully saturated rings. The van der Waals surface area contributed by atoms with Crippen molar-refractivity contribution in [2.24, 2.45) is 0 Å². The molecule has 0 aliphatic heterocycles. The summed E-state index contributed by atoms with van der Waals surface area (Å²) in [6, 6.07) is 0. The van der Waals surface area contributed by atoms with Crippen molar-refractivity contribution in [1.29, 1.82) is 0 Å². The highest BCUT2D eigenvalue weighted by Crippen LogP contribution is 2.05. The summed E-state index contributed by atoms with van der Waals surface area (Å²) >= 11 is 0. The van der Waals surface area contributed by atoms with E-state index >= 15 is 0 Å². The van der Waals surface area contributed by atoms with Crippen molar-refractivity contribution in [2.45, 2.75) is 33.1 Å². The van der Waals surface area contributed by atoms with E-state index in [0.717, 1.165) is 19.3 Å². The molecule has 0 atom stereocenters. The lowest BCUT2D eigenvalue weighted by atomic mass is 10.2. The minimum atomic E-state index is -0.323. The number of hydrogen-bond donors (Lipinski definition) is 0. The Morgan fingerprint density at radius 3 is 2.56 bits per heavy atom. The van der Waals surface area contributed by atoms with Crippen LogP contribution < -0.4 is 0 Å². The van der Waals surface area contributed by atoms with Gasteiger partial charge >= 0.3 is 5.97 Å². The van der Waals surface area contributed by atoms with Gasteiger partial charge < -0.3 is 9.64 Å². The molecule has 3 heteroatoms. The fourth-order valence-corrected chi connectivity index (χ4v) is 1.30. The lowest BCUT2D eigenvalue weighted by Gasteiger charge is -2.19. The van der Waals surface area contributed by atoms with Crippen LogP contribution in [0.1, 0.15) is 33.1 Å². The maximum atomic E-state index is 11.2. The predicted molar refractivity (Wildman–Crippen MR) is 76.2 cm³/mol. The third-order valence-electron chi connectivity index (χ3n) is 2.66. The van der Waals surface area contributed by atoms with Crippen LogP contribution in [0, 0.1) is 0 Å². The summed E-state index contributed by atoms with van der Waals surface area (Å²) in [7, 11) is 1.99. The fraction of sp³-hybridized carbons (Fsp3) is 0.533. The molecule has 0 unspecified atom stereocenters. The van der Waals surface area contributed by atoms with E-state index < -0.39 is 0 Å². The van der Waals surface area contributed by atoms with Gasteiger partial charge in [0.15, 0.2) is 0 Å². The number of nitrogens with zero attached hydrogens (tertiary/aromatic N) is 1. The largest absolute Gasteiger partial charge is 0.460 e. The van der Waals surface area contributed by atoms with E-state index in [9.17, 15) is 4.79 Å². The molecule has 0 spiro atoms. The van der Waals surface area contributed by atoms with Crippen molar-refractivity contribution in [3.63, 3.8) is 0 Å². The second-order valence-corrected chi connectivity index (χ2v) is 4.40. The molecule has 18 heavy (non-hydrogen) atoms. The average molecular weight is 251 g/mol. The Balaban J connectivity index is 3.86. The van der Waals surface area contributed by atoms with Crippen LogP contribution in [0.15, 0.2) is 36.6 Å². The molecule has 0 N–H and O–H groups in total. The number of allylic oxidation sites excluding steroid dienone is 3. The molecule has 0 saturated carbocycles. The normalized spacial score (nSPS) is 10.9. The third-order valence-corrected chi connectivity index (χ3v) is 2.66. The predicted octanol–water partition coefficient (Wildman–Crippen LogP) is 3.30. The maximum Gasteiger partial charge on any atom is 0.333 e. The summed E-state index contributed by atoms with van der Waals surface area (Å²) in [5, 5.41) is 0. The van der Waals surface area contributed by atoms with E-state index in [1.165, 1.54) is 5.70 Å². The molecule has 0 aromatic rings. The van der Waals surface area contributed by atoms with E-state index in [2.05, 4.69) is 31.1 Å². The molecule has 0 radical (unpaired) electrons. The van der Waals surface area contributed by atoms with Crippen molar-refractivity contribution in [2.75, 3.05) is 20.2 Å². The second kappa shape index (κ2) is 9.51. The standard InChI is InChI=1S/C15H25NO2/c1-6-7-8-9-10-14(4)16(5)11-12-18-15(17)13(2)3/h6,10H,1-2,7-9,11-12H2,3-5H3/b14-10+. The van der Waals surface area contributed by atoms with Gasteiger partial charge in [0.1, 0.15) is 6.61 Å². The number of hydrogen-bond acceptors (Lipinski definition) is 3. The van der Waals surface area contributed by atoms with Crippen molar-refractivity contribution >= 4 is 5.97 Å². The highest BCUT2D eigenvalue weighted by atomic mass is 16.5. The van der Waals surface area contributed by atoms with Gasteiger partial charge in [0.05, 0.1) is 6.54 Å². The van der Waals surface area contributed by atoms with Crippen molar-refractivity contribution in [3.05, 3.63) is 36.6 Å². The lowest BCUT2D eigenvalue weighted by Crippen LogP contribution is -2.23. The van der Waals surface area contributed by atoms with E-state index in [1.807, 2.05) is 13.1 Å². The Kier molecular flexibility index (Phi) is 8.71. The van der Waals surface area contributed by atoms with Crippen LogP contribution in [-0.4, -0.2) is 31.1 Å². The van der Waals surface area contributed by atoms with Gasteiger partial charge in [-0.3, -0.25) is 0 Å². The number of ether oxygens (including phenoxy) is 1. The Bertz CT molecular complexity index is 318. The highest BCUT2D eigenvalue weighted by molar-refractivity contribution is 5.86. The molecule has 0 aromatic carbocycles. The number of carbonyl (C=O) groups excluding carboxylic acids is 1. The van der Waals surface area contributed by atoms with Gasteiger partial charge in [-0.1, -0.05) is 18.7 Å². The lowest BCUT2D eigenvalue weighted by molar-refractivity contribution is -0.139. The summed E-state index contributed by atoms with van der Waals surface area (Å²) in [5.41, 5.74) is 1.64. The molecule has 0 aliphatic carbocycles. The van der Waals surface area contributed by atoms with Crippen LogP contribution in [-0.2, 0) is 9.53 Å². The van der Waals surface area contributed by atoms with Crippen molar-refractivity contribution in [1.82, 2.24) is 4.90 Å². The van der Waals surface area contributed by atoms with Gasteiger partial charge in [-0.25, -0.2) is 4.79 Å². The average Bonchev–Trinajstić information content (AvgIpc) is 2.33. The monoisotopic (exact) mass is 251 g/mol. The van der Waals surface area contributed by atoms with Crippen LogP contribution in [0.4, 0.5) is 0 Å². The zero-order valence-corrected chi connectivity index (χ0v) is 11.9. The van der Waals surface area contributed by atoms with Gasteiger partial charge in [-0.15, -0.1) is 6.58 Å². The first kappa shape index (κ1) is 16.5. The summed E-state index contributed by atoms with van der Waals surface area (Å²) in [4.78, 5) is 13.3. The zero-order chi connectivity index (χ0) is 14.0. The number of esters is 1. The first-order chi connectivity index (χ1) is 8.49. The molecule has 0 aliphatic rings. The SMILES string of the molecule is C=CCCC/C=C(\C)N(C)CCOC(=O)C(=C)C. The van der Waals surface area contributed by atoms with Gasteiger partial charge in [0.2, 0.25) is 0 Å². The summed E-state index contributed by atoms with van der Waals surface area (Å²) in [6.45, 7) is 12.0. The van der Waals surface area contributed by atoms with E-state index in [-0.39, 0.29) is 5.97 Å². The van der Waals surface area contributed by atoms with Crippen LogP contribution in [0.5, 0.6) is 0 Å².